The van der Waals surface area contributed by atoms with E-state index in [0.717, 1.165) is 36.1 Å². The molecule has 0 aromatic heterocycles. The summed E-state index contributed by atoms with van der Waals surface area (Å²) in [6.07, 6.45) is 7.27. The Bertz CT molecular complexity index is 702. The van der Waals surface area contributed by atoms with Crippen molar-refractivity contribution < 1.29 is 19.7 Å². The molecule has 136 valence electrons. The summed E-state index contributed by atoms with van der Waals surface area (Å²) in [6, 6.07) is 3.88. The predicted molar refractivity (Wildman–Crippen MR) is 97.2 cm³/mol. The molecule has 1 aromatic rings. The van der Waals surface area contributed by atoms with Gasteiger partial charge in [0.2, 0.25) is 0 Å². The molecule has 1 aliphatic heterocycles. The molecule has 4 nitrogen and oxygen atoms in total. The minimum absolute atomic E-state index is 0.0143. The van der Waals surface area contributed by atoms with Gasteiger partial charge < -0.3 is 14.9 Å². The van der Waals surface area contributed by atoms with E-state index in [2.05, 4.69) is 20.8 Å². The van der Waals surface area contributed by atoms with Crippen molar-refractivity contribution in [3.8, 4) is 11.5 Å². The molecule has 1 heterocycles. The molecule has 25 heavy (non-hydrogen) atoms. The van der Waals surface area contributed by atoms with Gasteiger partial charge in [-0.2, -0.15) is 0 Å². The summed E-state index contributed by atoms with van der Waals surface area (Å²) in [5.74, 6) is 0.269. The first kappa shape index (κ1) is 17.8. The molecule has 1 aliphatic carbocycles. The highest BCUT2D eigenvalue weighted by Crippen LogP contribution is 2.54. The van der Waals surface area contributed by atoms with E-state index < -0.39 is 5.97 Å². The Morgan fingerprint density at radius 1 is 1.32 bits per heavy atom. The smallest absolute Gasteiger partial charge is 0.331 e. The highest BCUT2D eigenvalue weighted by Gasteiger charge is 2.46. The number of benzene rings is 1. The average Bonchev–Trinajstić information content (AvgIpc) is 2.53. The molecule has 3 rings (SSSR count). The first-order chi connectivity index (χ1) is 11.8. The molecule has 0 fully saturated rings. The quantitative estimate of drug-likeness (QED) is 0.753. The summed E-state index contributed by atoms with van der Waals surface area (Å²) in [4.78, 5) is 11.4. The van der Waals surface area contributed by atoms with Gasteiger partial charge in [0, 0.05) is 23.0 Å². The summed E-state index contributed by atoms with van der Waals surface area (Å²) in [6.45, 7) is 6.30. The number of ether oxygens (including phenoxy) is 1. The van der Waals surface area contributed by atoms with E-state index in [1.54, 1.807) is 0 Å². The van der Waals surface area contributed by atoms with Crippen LogP contribution >= 0.6 is 0 Å². The molecular weight excluding hydrogens is 316 g/mol. The monoisotopic (exact) mass is 344 g/mol. The van der Waals surface area contributed by atoms with Crippen LogP contribution in [0.4, 0.5) is 0 Å². The van der Waals surface area contributed by atoms with Gasteiger partial charge in [0.25, 0.3) is 0 Å². The van der Waals surface area contributed by atoms with E-state index in [1.807, 2.05) is 18.2 Å². The molecule has 2 N–H and O–H groups in total. The van der Waals surface area contributed by atoms with Gasteiger partial charge in [0.05, 0.1) is 0 Å². The summed E-state index contributed by atoms with van der Waals surface area (Å²) in [7, 11) is 0. The van der Waals surface area contributed by atoms with Crippen LogP contribution in [0.1, 0.15) is 69.9 Å². The fraction of sp³-hybridized carbons (Fsp3) is 0.571. The van der Waals surface area contributed by atoms with E-state index in [-0.39, 0.29) is 23.2 Å². The van der Waals surface area contributed by atoms with Gasteiger partial charge in [-0.25, -0.2) is 4.79 Å². The minimum Gasteiger partial charge on any atom is -0.508 e. The number of allylic oxidation sites excluding steroid dienone is 1. The van der Waals surface area contributed by atoms with Crippen molar-refractivity contribution in [3.63, 3.8) is 0 Å². The number of unbranched alkanes of at least 4 members (excludes halogenated alkanes) is 2. The number of hydrogen-bond donors (Lipinski definition) is 2. The van der Waals surface area contributed by atoms with Gasteiger partial charge >= 0.3 is 5.97 Å². The zero-order chi connectivity index (χ0) is 18.2. The van der Waals surface area contributed by atoms with E-state index in [0.29, 0.717) is 18.4 Å². The summed E-state index contributed by atoms with van der Waals surface area (Å²) in [5, 5.41) is 20.1. The maximum atomic E-state index is 11.4. The number of fused-ring (bicyclic) bond motifs is 3. The van der Waals surface area contributed by atoms with Gasteiger partial charge in [-0.3, -0.25) is 0 Å². The van der Waals surface area contributed by atoms with Crippen LogP contribution in [0.2, 0.25) is 0 Å². The third-order valence-corrected chi connectivity index (χ3v) is 5.70. The molecule has 0 unspecified atom stereocenters. The van der Waals surface area contributed by atoms with Crippen molar-refractivity contribution in [1.82, 2.24) is 0 Å². The standard InChI is InChI=1S/C21H28O4/c1-4-5-6-7-13-10-17(22)19-15-12-14(20(23)24)8-9-16(15)21(2,3)25-18(19)11-13/h8,10-11,15-16,22H,4-7,9,12H2,1-3H3,(H,23,24)/t15-,16-/m1/s1. The van der Waals surface area contributed by atoms with Gasteiger partial charge in [-0.1, -0.05) is 25.8 Å². The zero-order valence-corrected chi connectivity index (χ0v) is 15.3. The zero-order valence-electron chi connectivity index (χ0n) is 15.3. The molecule has 2 aliphatic rings. The van der Waals surface area contributed by atoms with Crippen LogP contribution in [0, 0.1) is 5.92 Å². The Balaban J connectivity index is 1.97. The van der Waals surface area contributed by atoms with Crippen molar-refractivity contribution >= 4 is 5.97 Å². The number of carboxylic acid groups (broad SMARTS) is 1. The molecule has 0 saturated heterocycles. The SMILES string of the molecule is CCCCCc1cc(O)c2c(c1)OC(C)(C)[C@@H]1CC=C(C(=O)O)C[C@@H]21. The maximum Gasteiger partial charge on any atom is 0.331 e. The van der Waals surface area contributed by atoms with Crippen LogP contribution < -0.4 is 4.74 Å². The van der Waals surface area contributed by atoms with Gasteiger partial charge in [0.1, 0.15) is 17.1 Å². The van der Waals surface area contributed by atoms with Crippen molar-refractivity contribution in [2.45, 2.75) is 70.8 Å². The lowest BCUT2D eigenvalue weighted by atomic mass is 9.67. The lowest BCUT2D eigenvalue weighted by Crippen LogP contribution is -2.45. The predicted octanol–water partition coefficient (Wildman–Crippen LogP) is 4.80. The van der Waals surface area contributed by atoms with E-state index in [4.69, 9.17) is 4.74 Å². The number of aromatic hydroxyl groups is 1. The fourth-order valence-electron chi connectivity index (χ4n) is 4.35. The van der Waals surface area contributed by atoms with Crippen LogP contribution in [0.5, 0.6) is 11.5 Å². The Kier molecular flexibility index (Phi) is 4.81. The van der Waals surface area contributed by atoms with Crippen LogP contribution in [-0.4, -0.2) is 21.8 Å². The van der Waals surface area contributed by atoms with Crippen LogP contribution in [-0.2, 0) is 11.2 Å². The Morgan fingerprint density at radius 2 is 2.08 bits per heavy atom. The third-order valence-electron chi connectivity index (χ3n) is 5.70. The second kappa shape index (κ2) is 6.74. The van der Waals surface area contributed by atoms with Crippen LogP contribution in [0.15, 0.2) is 23.8 Å². The lowest BCUT2D eigenvalue weighted by Gasteiger charge is -2.46. The molecular formula is C21H28O4. The summed E-state index contributed by atoms with van der Waals surface area (Å²) < 4.78 is 6.28. The van der Waals surface area contributed by atoms with E-state index in [1.165, 1.54) is 6.42 Å². The Hall–Kier alpha value is -1.97. The van der Waals surface area contributed by atoms with Gasteiger partial charge in [-0.05, 0) is 57.2 Å². The number of phenols is 1. The highest BCUT2D eigenvalue weighted by molar-refractivity contribution is 5.87. The number of carbonyl (C=O) groups is 1. The van der Waals surface area contributed by atoms with Crippen LogP contribution in [0.3, 0.4) is 0 Å². The molecule has 0 spiro atoms. The topological polar surface area (TPSA) is 66.8 Å². The Labute approximate surface area is 149 Å². The van der Waals surface area contributed by atoms with Crippen LogP contribution in [0.25, 0.3) is 0 Å². The second-order valence-electron chi connectivity index (χ2n) is 7.88. The number of rotatable bonds is 5. The molecule has 1 aromatic carbocycles. The largest absolute Gasteiger partial charge is 0.508 e. The molecule has 4 heteroatoms. The first-order valence-corrected chi connectivity index (χ1v) is 9.30. The van der Waals surface area contributed by atoms with Crippen molar-refractivity contribution in [1.29, 1.82) is 0 Å². The summed E-state index contributed by atoms with van der Waals surface area (Å²) in [5.41, 5.74) is 1.93. The summed E-state index contributed by atoms with van der Waals surface area (Å²) >= 11 is 0. The molecule has 2 atom stereocenters. The lowest BCUT2D eigenvalue weighted by molar-refractivity contribution is -0.133. The fourth-order valence-corrected chi connectivity index (χ4v) is 4.35. The number of aliphatic carboxylic acids is 1. The van der Waals surface area contributed by atoms with E-state index in [9.17, 15) is 15.0 Å². The molecule has 0 amide bonds. The molecule has 0 saturated carbocycles. The maximum absolute atomic E-state index is 11.4. The van der Waals surface area contributed by atoms with E-state index >= 15 is 0 Å². The molecule has 0 bridgehead atoms. The third kappa shape index (κ3) is 3.39. The first-order valence-electron chi connectivity index (χ1n) is 9.30. The minimum atomic E-state index is -0.861. The van der Waals surface area contributed by atoms with Gasteiger partial charge in [-0.15, -0.1) is 0 Å². The molecule has 0 radical (unpaired) electrons. The Morgan fingerprint density at radius 3 is 2.76 bits per heavy atom. The van der Waals surface area contributed by atoms with Crippen molar-refractivity contribution in [2.75, 3.05) is 0 Å². The number of phenolic OH excluding ortho intramolecular Hbond substituents is 1. The number of aryl methyl sites for hydroxylation is 1. The second-order valence-corrected chi connectivity index (χ2v) is 7.88. The number of hydrogen-bond acceptors (Lipinski definition) is 3. The normalized spacial score (nSPS) is 23.9. The van der Waals surface area contributed by atoms with Crippen molar-refractivity contribution in [2.24, 2.45) is 5.92 Å². The highest BCUT2D eigenvalue weighted by atomic mass is 16.5. The van der Waals surface area contributed by atoms with Gasteiger partial charge in [0.15, 0.2) is 0 Å². The van der Waals surface area contributed by atoms with Crippen molar-refractivity contribution in [3.05, 3.63) is 34.9 Å². The number of carboxylic acids is 1. The average molecular weight is 344 g/mol.